The molecule has 1 aromatic carbocycles. The molecule has 1 N–H and O–H groups in total. The zero-order chi connectivity index (χ0) is 18.6. The summed E-state index contributed by atoms with van der Waals surface area (Å²) < 4.78 is 13.9. The van der Waals surface area contributed by atoms with Gasteiger partial charge in [-0.1, -0.05) is 54.8 Å². The van der Waals surface area contributed by atoms with Crippen LogP contribution in [0.15, 0.2) is 48.2 Å². The number of nitrogens with one attached hydrogen (secondary N) is 1. The number of aromatic nitrogens is 1. The molecule has 2 aromatic rings. The Kier molecular flexibility index (Phi) is 5.34. The van der Waals surface area contributed by atoms with Crippen molar-refractivity contribution in [1.82, 2.24) is 10.3 Å². The summed E-state index contributed by atoms with van der Waals surface area (Å²) in [5.74, 6) is -1.22. The molecule has 0 bridgehead atoms. The standard InChI is InChI=1S/C20H17ClFN3O/c21-16-11-17(22)18(24-13-16)10-14(12-23)19(26)25-20(8-4-5-9-20)15-6-2-1-3-7-15/h1-3,6-7,10-11,13H,4-5,8-9H2,(H,25,26). The maximum Gasteiger partial charge on any atom is 0.262 e. The third kappa shape index (κ3) is 3.76. The fourth-order valence-corrected chi connectivity index (χ4v) is 3.47. The average molecular weight is 370 g/mol. The number of hydrogen-bond acceptors (Lipinski definition) is 3. The SMILES string of the molecule is N#CC(=Cc1ncc(Cl)cc1F)C(=O)NC1(c2ccccc2)CCCC1. The molecule has 0 saturated heterocycles. The third-order valence-electron chi connectivity index (χ3n) is 4.62. The molecule has 0 aliphatic heterocycles. The molecule has 132 valence electrons. The van der Waals surface area contributed by atoms with Crippen LogP contribution in [0.5, 0.6) is 0 Å². The Morgan fingerprint density at radius 2 is 2.00 bits per heavy atom. The number of carbonyl (C=O) groups excluding carboxylic acids is 1. The van der Waals surface area contributed by atoms with E-state index >= 15 is 0 Å². The van der Waals surface area contributed by atoms with Crippen molar-refractivity contribution >= 4 is 23.6 Å². The number of hydrogen-bond donors (Lipinski definition) is 1. The topological polar surface area (TPSA) is 65.8 Å². The van der Waals surface area contributed by atoms with Gasteiger partial charge in [0.15, 0.2) is 0 Å². The number of pyridine rings is 1. The molecule has 0 radical (unpaired) electrons. The quantitative estimate of drug-likeness (QED) is 0.643. The lowest BCUT2D eigenvalue weighted by molar-refractivity contribution is -0.119. The lowest BCUT2D eigenvalue weighted by atomic mass is 9.88. The molecule has 1 amide bonds. The second-order valence-corrected chi connectivity index (χ2v) is 6.74. The van der Waals surface area contributed by atoms with E-state index < -0.39 is 17.3 Å². The predicted octanol–water partition coefficient (Wildman–Crippen LogP) is 4.37. The number of halogens is 2. The van der Waals surface area contributed by atoms with Gasteiger partial charge in [0.2, 0.25) is 0 Å². The summed E-state index contributed by atoms with van der Waals surface area (Å²) in [7, 11) is 0. The minimum atomic E-state index is -0.684. The zero-order valence-electron chi connectivity index (χ0n) is 14.0. The summed E-state index contributed by atoms with van der Waals surface area (Å²) in [6, 6.07) is 12.7. The number of benzene rings is 1. The Morgan fingerprint density at radius 3 is 2.62 bits per heavy atom. The van der Waals surface area contributed by atoms with Gasteiger partial charge in [-0.15, -0.1) is 0 Å². The molecule has 6 heteroatoms. The van der Waals surface area contributed by atoms with Gasteiger partial charge in [-0.05, 0) is 30.5 Å². The van der Waals surface area contributed by atoms with Crippen molar-refractivity contribution in [3.8, 4) is 6.07 Å². The molecular formula is C20H17ClFN3O. The van der Waals surface area contributed by atoms with Crippen LogP contribution in [0.4, 0.5) is 4.39 Å². The second-order valence-electron chi connectivity index (χ2n) is 6.30. The van der Waals surface area contributed by atoms with Crippen LogP contribution in [0.3, 0.4) is 0 Å². The number of rotatable bonds is 4. The van der Waals surface area contributed by atoms with Crippen LogP contribution in [0.1, 0.15) is 36.9 Å². The molecule has 0 atom stereocenters. The molecule has 1 heterocycles. The first-order valence-electron chi connectivity index (χ1n) is 8.35. The summed E-state index contributed by atoms with van der Waals surface area (Å²) in [6.07, 6.45) is 6.01. The summed E-state index contributed by atoms with van der Waals surface area (Å²) >= 11 is 5.68. The lowest BCUT2D eigenvalue weighted by Gasteiger charge is -2.31. The number of carbonyl (C=O) groups is 1. The van der Waals surface area contributed by atoms with Gasteiger partial charge < -0.3 is 5.32 Å². The van der Waals surface area contributed by atoms with E-state index in [1.807, 2.05) is 36.4 Å². The molecule has 1 aliphatic carbocycles. The van der Waals surface area contributed by atoms with Crippen LogP contribution in [0, 0.1) is 17.1 Å². The Balaban J connectivity index is 1.89. The van der Waals surface area contributed by atoms with Gasteiger partial charge >= 0.3 is 0 Å². The van der Waals surface area contributed by atoms with E-state index in [9.17, 15) is 14.4 Å². The zero-order valence-corrected chi connectivity index (χ0v) is 14.8. The van der Waals surface area contributed by atoms with Crippen molar-refractivity contribution in [2.45, 2.75) is 31.2 Å². The average Bonchev–Trinajstić information content (AvgIpc) is 3.11. The summed E-state index contributed by atoms with van der Waals surface area (Å²) in [5, 5.41) is 12.5. The molecular weight excluding hydrogens is 353 g/mol. The van der Waals surface area contributed by atoms with Crippen molar-refractivity contribution in [3.63, 3.8) is 0 Å². The van der Waals surface area contributed by atoms with E-state index in [0.29, 0.717) is 0 Å². The molecule has 1 aliphatic rings. The Bertz CT molecular complexity index is 884. The highest BCUT2D eigenvalue weighted by Gasteiger charge is 2.37. The van der Waals surface area contributed by atoms with Crippen molar-refractivity contribution in [1.29, 1.82) is 5.26 Å². The van der Waals surface area contributed by atoms with Crippen molar-refractivity contribution in [3.05, 3.63) is 70.3 Å². The number of nitrogens with zero attached hydrogens (tertiary/aromatic N) is 2. The summed E-state index contributed by atoms with van der Waals surface area (Å²) in [5.41, 5.74) is 0.224. The Hall–Kier alpha value is -2.71. The third-order valence-corrected chi connectivity index (χ3v) is 4.83. The van der Waals surface area contributed by atoms with Gasteiger partial charge in [-0.3, -0.25) is 9.78 Å². The summed E-state index contributed by atoms with van der Waals surface area (Å²) in [6.45, 7) is 0. The highest BCUT2D eigenvalue weighted by Crippen LogP contribution is 2.38. The predicted molar refractivity (Wildman–Crippen MR) is 97.5 cm³/mol. The minimum Gasteiger partial charge on any atom is -0.342 e. The van der Waals surface area contributed by atoms with Crippen LogP contribution >= 0.6 is 11.6 Å². The van der Waals surface area contributed by atoms with Crippen LogP contribution in [-0.4, -0.2) is 10.9 Å². The monoisotopic (exact) mass is 369 g/mol. The highest BCUT2D eigenvalue weighted by atomic mass is 35.5. The Labute approximate surface area is 156 Å². The molecule has 0 spiro atoms. The van der Waals surface area contributed by atoms with E-state index in [1.165, 1.54) is 6.20 Å². The number of amides is 1. The second kappa shape index (κ2) is 7.67. The molecule has 0 unspecified atom stereocenters. The molecule has 1 aromatic heterocycles. The van der Waals surface area contributed by atoms with E-state index in [1.54, 1.807) is 0 Å². The van der Waals surface area contributed by atoms with Crippen LogP contribution in [0.2, 0.25) is 5.02 Å². The molecule has 1 saturated carbocycles. The van der Waals surface area contributed by atoms with E-state index in [4.69, 9.17) is 11.6 Å². The fourth-order valence-electron chi connectivity index (χ4n) is 3.32. The van der Waals surface area contributed by atoms with Crippen molar-refractivity contribution in [2.24, 2.45) is 0 Å². The maximum atomic E-state index is 13.9. The van der Waals surface area contributed by atoms with Gasteiger partial charge in [-0.2, -0.15) is 5.26 Å². The maximum absolute atomic E-state index is 13.9. The normalized spacial score (nSPS) is 16.1. The van der Waals surface area contributed by atoms with Crippen LogP contribution in [0.25, 0.3) is 6.08 Å². The van der Waals surface area contributed by atoms with Gasteiger partial charge in [0, 0.05) is 6.20 Å². The van der Waals surface area contributed by atoms with E-state index in [2.05, 4.69) is 10.3 Å². The van der Waals surface area contributed by atoms with Crippen molar-refractivity contribution < 1.29 is 9.18 Å². The van der Waals surface area contributed by atoms with Crippen molar-refractivity contribution in [2.75, 3.05) is 0 Å². The first-order valence-corrected chi connectivity index (χ1v) is 8.73. The van der Waals surface area contributed by atoms with Crippen LogP contribution < -0.4 is 5.32 Å². The molecule has 4 nitrogen and oxygen atoms in total. The minimum absolute atomic E-state index is 0.0960. The Morgan fingerprint density at radius 1 is 1.31 bits per heavy atom. The smallest absolute Gasteiger partial charge is 0.262 e. The van der Waals surface area contributed by atoms with Gasteiger partial charge in [0.25, 0.3) is 5.91 Å². The largest absolute Gasteiger partial charge is 0.342 e. The van der Waals surface area contributed by atoms with E-state index in [-0.39, 0.29) is 16.3 Å². The first kappa shape index (κ1) is 18.1. The number of nitriles is 1. The van der Waals surface area contributed by atoms with Gasteiger partial charge in [0.1, 0.15) is 23.2 Å². The highest BCUT2D eigenvalue weighted by molar-refractivity contribution is 6.30. The first-order chi connectivity index (χ1) is 12.5. The lowest BCUT2D eigenvalue weighted by Crippen LogP contribution is -2.44. The molecule has 3 rings (SSSR count). The van der Waals surface area contributed by atoms with Crippen LogP contribution in [-0.2, 0) is 10.3 Å². The van der Waals surface area contributed by atoms with E-state index in [0.717, 1.165) is 43.4 Å². The fraction of sp³-hybridized carbons (Fsp3) is 0.250. The van der Waals surface area contributed by atoms with Gasteiger partial charge in [-0.25, -0.2) is 4.39 Å². The van der Waals surface area contributed by atoms with Gasteiger partial charge in [0.05, 0.1) is 10.6 Å². The molecule has 1 fully saturated rings. The summed E-state index contributed by atoms with van der Waals surface area (Å²) in [4.78, 5) is 16.6. The molecule has 26 heavy (non-hydrogen) atoms.